The molecule has 0 bridgehead atoms. The number of aryl methyl sites for hydroxylation is 2. The second-order valence-electron chi connectivity index (χ2n) is 14.7. The normalized spacial score (nSPS) is 21.0. The van der Waals surface area contributed by atoms with E-state index in [-0.39, 0.29) is 50.9 Å². The number of allylic oxidation sites excluding steroid dienone is 1. The highest BCUT2D eigenvalue weighted by Crippen LogP contribution is 2.43. The van der Waals surface area contributed by atoms with Gasteiger partial charge < -0.3 is 39.8 Å². The number of esters is 2. The van der Waals surface area contributed by atoms with Crippen LogP contribution in [0.1, 0.15) is 133 Å². The molecule has 2 rings (SSSR count). The Morgan fingerprint density at radius 3 is 2.27 bits per heavy atom. The Bertz CT molecular complexity index is 1350. The molecule has 1 fully saturated rings. The van der Waals surface area contributed by atoms with Gasteiger partial charge >= 0.3 is 19.8 Å². The van der Waals surface area contributed by atoms with Crippen LogP contribution in [0.3, 0.4) is 0 Å². The van der Waals surface area contributed by atoms with Crippen LogP contribution in [0.5, 0.6) is 0 Å². The second-order valence-corrected chi connectivity index (χ2v) is 16.2. The van der Waals surface area contributed by atoms with Crippen molar-refractivity contribution in [3.8, 4) is 0 Å². The van der Waals surface area contributed by atoms with Gasteiger partial charge in [-0.1, -0.05) is 83.1 Å². The van der Waals surface area contributed by atoms with E-state index in [9.17, 15) is 34.4 Å². The monoisotopic (exact) mass is 799 g/mol. The summed E-state index contributed by atoms with van der Waals surface area (Å²) in [6, 6.07) is 0. The maximum Gasteiger partial charge on any atom is 0.472 e. The van der Waals surface area contributed by atoms with Crippen molar-refractivity contribution in [2.24, 2.45) is 17.6 Å². The van der Waals surface area contributed by atoms with E-state index in [1.54, 1.807) is 24.3 Å². The van der Waals surface area contributed by atoms with Gasteiger partial charge in [-0.2, -0.15) is 0 Å². The third-order valence-electron chi connectivity index (χ3n) is 10.1. The highest BCUT2D eigenvalue weighted by Gasteiger charge is 2.39. The number of carbonyl (C=O) groups excluding carboxylic acids is 2. The fourth-order valence-corrected chi connectivity index (χ4v) is 7.54. The van der Waals surface area contributed by atoms with Crippen molar-refractivity contribution >= 4 is 19.8 Å². The number of rotatable bonds is 30. The van der Waals surface area contributed by atoms with E-state index in [1.165, 1.54) is 11.1 Å². The van der Waals surface area contributed by atoms with E-state index >= 15 is 0 Å². The van der Waals surface area contributed by atoms with Crippen molar-refractivity contribution in [3.05, 3.63) is 47.0 Å². The highest BCUT2D eigenvalue weighted by molar-refractivity contribution is 7.47. The summed E-state index contributed by atoms with van der Waals surface area (Å²) >= 11 is 0. The zero-order valence-corrected chi connectivity index (χ0v) is 34.6. The minimum Gasteiger partial charge on any atom is -0.466 e. The Kier molecular flexibility index (Phi) is 24.2. The fourth-order valence-electron chi connectivity index (χ4n) is 6.77. The van der Waals surface area contributed by atoms with Gasteiger partial charge in [-0.3, -0.25) is 18.6 Å². The maximum absolute atomic E-state index is 12.7. The molecule has 1 heterocycles. The summed E-state index contributed by atoms with van der Waals surface area (Å²) in [6.07, 6.45) is 16.4. The molecule has 0 radical (unpaired) electrons. The molecule has 0 spiro atoms. The number of phosphoric acid groups is 1. The van der Waals surface area contributed by atoms with E-state index in [0.29, 0.717) is 19.3 Å². The van der Waals surface area contributed by atoms with Gasteiger partial charge in [-0.05, 0) is 63.0 Å². The van der Waals surface area contributed by atoms with Crippen LogP contribution < -0.4 is 5.73 Å². The smallest absolute Gasteiger partial charge is 0.466 e. The van der Waals surface area contributed by atoms with Crippen LogP contribution in [0.2, 0.25) is 0 Å². The molecule has 1 aromatic heterocycles. The minimum atomic E-state index is -4.48. The Hall–Kier alpha value is -2.35. The number of phosphoric ester groups is 1. The van der Waals surface area contributed by atoms with Crippen molar-refractivity contribution in [1.29, 1.82) is 0 Å². The standard InChI is InChI=1S/C41H70NO12P/c1-5-7-12-18-32(43)23-24-35-34(36(44)27-37(35)45)19-15-16-22-41(47)53-33(29-52-55(48,49)51-26-25-42)28-50-40(46)21-14-11-9-8-10-13-20-39-31(4)30(3)38(54-39)17-6-2/h15-16,23-24,32-37,43-45H,5-14,17-22,25-29,42H2,1-4H3,(H,48,49)/b16-15-,24-23+/t32-,33-,34+,35-,36+,37-/m1/s1. The van der Waals surface area contributed by atoms with Gasteiger partial charge in [0.25, 0.3) is 0 Å². The summed E-state index contributed by atoms with van der Waals surface area (Å²) in [4.78, 5) is 35.2. The van der Waals surface area contributed by atoms with Gasteiger partial charge in [-0.25, -0.2) is 4.57 Å². The van der Waals surface area contributed by atoms with E-state index in [4.69, 9.17) is 28.7 Å². The van der Waals surface area contributed by atoms with Gasteiger partial charge in [0.15, 0.2) is 6.10 Å². The minimum absolute atomic E-state index is 0.00456. The predicted molar refractivity (Wildman–Crippen MR) is 211 cm³/mol. The number of hydrogen-bond acceptors (Lipinski definition) is 12. The summed E-state index contributed by atoms with van der Waals surface area (Å²) < 4.78 is 38.8. The summed E-state index contributed by atoms with van der Waals surface area (Å²) in [6.45, 7) is 7.35. The lowest BCUT2D eigenvalue weighted by atomic mass is 9.89. The molecule has 14 heteroatoms. The first-order valence-corrected chi connectivity index (χ1v) is 21.9. The second kappa shape index (κ2) is 27.3. The van der Waals surface area contributed by atoms with E-state index in [0.717, 1.165) is 82.1 Å². The predicted octanol–water partition coefficient (Wildman–Crippen LogP) is 6.86. The summed E-state index contributed by atoms with van der Waals surface area (Å²) in [5.74, 6) is 0.389. The highest BCUT2D eigenvalue weighted by atomic mass is 31.2. The maximum atomic E-state index is 12.7. The van der Waals surface area contributed by atoms with Crippen molar-refractivity contribution in [2.45, 2.75) is 161 Å². The van der Waals surface area contributed by atoms with Gasteiger partial charge in [0.1, 0.15) is 18.1 Å². The van der Waals surface area contributed by atoms with Crippen LogP contribution in [0.4, 0.5) is 0 Å². The van der Waals surface area contributed by atoms with Crippen molar-refractivity contribution < 1.29 is 57.3 Å². The SMILES string of the molecule is CCCCC[C@@H](O)/C=C/[C@@H]1[C@H](C/C=C\CC(=O)O[C@H](COC(=O)CCCCCCCCc2oc(CCC)c(C)c2C)COP(=O)(O)OCCN)[C@@H](O)C[C@H]1O. The quantitative estimate of drug-likeness (QED) is 0.0234. The summed E-state index contributed by atoms with van der Waals surface area (Å²) in [5.41, 5.74) is 7.87. The molecule has 1 saturated carbocycles. The molecule has 0 amide bonds. The van der Waals surface area contributed by atoms with Crippen LogP contribution in [0, 0.1) is 25.7 Å². The lowest BCUT2D eigenvalue weighted by Crippen LogP contribution is -2.29. The average molecular weight is 800 g/mol. The first kappa shape index (κ1) is 48.8. The van der Waals surface area contributed by atoms with E-state index in [1.807, 2.05) is 0 Å². The summed E-state index contributed by atoms with van der Waals surface area (Å²) in [5, 5.41) is 31.3. The molecule has 0 saturated heterocycles. The third kappa shape index (κ3) is 19.6. The molecule has 7 atom stereocenters. The number of aliphatic hydroxyl groups is 3. The zero-order chi connectivity index (χ0) is 40.6. The molecular weight excluding hydrogens is 729 g/mol. The molecule has 1 aliphatic carbocycles. The first-order valence-electron chi connectivity index (χ1n) is 20.4. The molecule has 13 nitrogen and oxygen atoms in total. The van der Waals surface area contributed by atoms with Gasteiger partial charge in [0.2, 0.25) is 0 Å². The third-order valence-corrected chi connectivity index (χ3v) is 11.1. The lowest BCUT2D eigenvalue weighted by molar-refractivity contribution is -0.160. The van der Waals surface area contributed by atoms with Gasteiger partial charge in [-0.15, -0.1) is 0 Å². The molecule has 0 aromatic carbocycles. The number of hydrogen-bond donors (Lipinski definition) is 5. The molecule has 1 unspecified atom stereocenters. The number of aliphatic hydroxyl groups excluding tert-OH is 3. The molecule has 1 aromatic rings. The molecule has 6 N–H and O–H groups in total. The van der Waals surface area contributed by atoms with Gasteiger partial charge in [0.05, 0.1) is 37.9 Å². The largest absolute Gasteiger partial charge is 0.472 e. The number of carbonyl (C=O) groups is 2. The number of nitrogens with two attached hydrogens (primary N) is 1. The number of furan rings is 1. The molecular formula is C41H70NO12P. The van der Waals surface area contributed by atoms with Crippen LogP contribution in [0.15, 0.2) is 28.7 Å². The Morgan fingerprint density at radius 2 is 1.58 bits per heavy atom. The van der Waals surface area contributed by atoms with E-state index < -0.39 is 50.8 Å². The Labute approximate surface area is 328 Å². The molecule has 316 valence electrons. The van der Waals surface area contributed by atoms with Crippen molar-refractivity contribution in [3.63, 3.8) is 0 Å². The first-order chi connectivity index (χ1) is 26.3. The van der Waals surface area contributed by atoms with Crippen molar-refractivity contribution in [1.82, 2.24) is 0 Å². The molecule has 55 heavy (non-hydrogen) atoms. The van der Waals surface area contributed by atoms with Crippen molar-refractivity contribution in [2.75, 3.05) is 26.4 Å². The van der Waals surface area contributed by atoms with Crippen LogP contribution in [0.25, 0.3) is 0 Å². The fraction of sp³-hybridized carbons (Fsp3) is 0.756. The van der Waals surface area contributed by atoms with E-state index in [2.05, 4.69) is 27.7 Å². The van der Waals surface area contributed by atoms with Crippen LogP contribution >= 0.6 is 7.82 Å². The lowest BCUT2D eigenvalue weighted by Gasteiger charge is -2.20. The average Bonchev–Trinajstić information content (AvgIpc) is 3.57. The van der Waals surface area contributed by atoms with Crippen LogP contribution in [-0.2, 0) is 45.5 Å². The Balaban J connectivity index is 1.79. The molecule has 0 aliphatic heterocycles. The zero-order valence-electron chi connectivity index (χ0n) is 33.7. The number of unbranched alkanes of at least 4 members (excludes halogenated alkanes) is 7. The van der Waals surface area contributed by atoms with Crippen LogP contribution in [-0.4, -0.2) is 82.9 Å². The Morgan fingerprint density at radius 1 is 0.891 bits per heavy atom. The summed E-state index contributed by atoms with van der Waals surface area (Å²) in [7, 11) is -4.48. The topological polar surface area (TPSA) is 208 Å². The molecule has 1 aliphatic rings. The van der Waals surface area contributed by atoms with Gasteiger partial charge in [0, 0.05) is 38.1 Å². The number of ether oxygens (including phenoxy) is 2.